The molecule has 3 nitrogen and oxygen atoms in total. The highest BCUT2D eigenvalue weighted by Gasteiger charge is 2.17. The van der Waals surface area contributed by atoms with Gasteiger partial charge in [0.1, 0.15) is 0 Å². The van der Waals surface area contributed by atoms with Crippen molar-refractivity contribution in [2.45, 2.75) is 0 Å². The lowest BCUT2D eigenvalue weighted by Crippen LogP contribution is -2.10. The highest BCUT2D eigenvalue weighted by molar-refractivity contribution is 6.14. The summed E-state index contributed by atoms with van der Waals surface area (Å²) in [5.41, 5.74) is 12.4. The third kappa shape index (κ3) is 6.28. The minimum Gasteiger partial charge on any atom is -0.310 e. The zero-order chi connectivity index (χ0) is 42.8. The monoisotopic (exact) mass is 825 g/mol. The van der Waals surface area contributed by atoms with Crippen molar-refractivity contribution >= 4 is 92.7 Å². The van der Waals surface area contributed by atoms with Crippen LogP contribution in [0.4, 0.5) is 17.1 Å². The molecule has 65 heavy (non-hydrogen) atoms. The molecular weight excluding hydrogens is 787 g/mol. The van der Waals surface area contributed by atoms with Crippen LogP contribution >= 0.6 is 0 Å². The molecule has 0 radical (unpaired) electrons. The fourth-order valence-corrected chi connectivity index (χ4v) is 10.1. The molecule has 2 heterocycles. The number of nitrogens with zero attached hydrogens (tertiary/aromatic N) is 3. The number of benzene rings is 11. The molecule has 0 bridgehead atoms. The summed E-state index contributed by atoms with van der Waals surface area (Å²) in [4.78, 5) is 12.1. The number of hydrogen-bond acceptors (Lipinski definition) is 3. The van der Waals surface area contributed by atoms with Gasteiger partial charge in [-0.1, -0.05) is 152 Å². The first-order valence-electron chi connectivity index (χ1n) is 22.2. The van der Waals surface area contributed by atoms with Crippen LogP contribution in [0, 0.1) is 0 Å². The minimum absolute atomic E-state index is 1.02. The Balaban J connectivity index is 0.926. The van der Waals surface area contributed by atoms with Crippen LogP contribution < -0.4 is 4.90 Å². The second-order valence-corrected chi connectivity index (χ2v) is 17.0. The summed E-state index contributed by atoms with van der Waals surface area (Å²) in [6, 6.07) is 81.7. The lowest BCUT2D eigenvalue weighted by molar-refractivity contribution is 1.29. The van der Waals surface area contributed by atoms with Crippen molar-refractivity contribution in [3.05, 3.63) is 237 Å². The van der Waals surface area contributed by atoms with Crippen molar-refractivity contribution in [3.8, 4) is 33.4 Å². The summed E-state index contributed by atoms with van der Waals surface area (Å²) < 4.78 is 0. The molecule has 0 aliphatic carbocycles. The van der Waals surface area contributed by atoms with Gasteiger partial charge in [0.05, 0.1) is 11.0 Å². The normalized spacial score (nSPS) is 11.7. The van der Waals surface area contributed by atoms with E-state index in [0.29, 0.717) is 0 Å². The molecule has 0 N–H and O–H groups in total. The van der Waals surface area contributed by atoms with E-state index in [1.165, 1.54) is 76.1 Å². The van der Waals surface area contributed by atoms with E-state index in [0.717, 1.165) is 50.0 Å². The summed E-state index contributed by atoms with van der Waals surface area (Å²) in [5, 5.41) is 14.4. The Bertz CT molecular complexity index is 3840. The van der Waals surface area contributed by atoms with Crippen LogP contribution in [0.3, 0.4) is 0 Å². The Morgan fingerprint density at radius 3 is 1.23 bits per heavy atom. The quantitative estimate of drug-likeness (QED) is 0.156. The molecule has 13 rings (SSSR count). The van der Waals surface area contributed by atoms with Gasteiger partial charge < -0.3 is 4.90 Å². The molecule has 3 heteroatoms. The maximum absolute atomic E-state index is 4.84. The third-order valence-corrected chi connectivity index (χ3v) is 13.3. The number of hydrogen-bond donors (Lipinski definition) is 0. The van der Waals surface area contributed by atoms with Crippen molar-refractivity contribution < 1.29 is 0 Å². The Labute approximate surface area is 376 Å². The maximum Gasteiger partial charge on any atom is 0.0786 e. The number of aromatic nitrogens is 2. The molecule has 0 amide bonds. The van der Waals surface area contributed by atoms with Crippen molar-refractivity contribution in [3.63, 3.8) is 0 Å². The summed E-state index contributed by atoms with van der Waals surface area (Å²) in [5.74, 6) is 0. The van der Waals surface area contributed by atoms with Gasteiger partial charge in [-0.05, 0) is 149 Å². The fraction of sp³-hybridized carbons (Fsp3) is 0. The first-order chi connectivity index (χ1) is 32.2. The Kier molecular flexibility index (Phi) is 8.53. The van der Waals surface area contributed by atoms with E-state index < -0.39 is 0 Å². The van der Waals surface area contributed by atoms with Crippen LogP contribution in [-0.4, -0.2) is 9.97 Å². The Morgan fingerprint density at radius 2 is 0.646 bits per heavy atom. The van der Waals surface area contributed by atoms with Gasteiger partial charge in [0.2, 0.25) is 0 Å². The summed E-state index contributed by atoms with van der Waals surface area (Å²) in [7, 11) is 0. The summed E-state index contributed by atoms with van der Waals surface area (Å²) >= 11 is 0. The molecular formula is C62H39N3. The van der Waals surface area contributed by atoms with Crippen LogP contribution in [0.5, 0.6) is 0 Å². The van der Waals surface area contributed by atoms with Crippen molar-refractivity contribution in [2.24, 2.45) is 0 Å². The minimum atomic E-state index is 1.02. The molecule has 13 aromatic rings. The Hall–Kier alpha value is -8.66. The van der Waals surface area contributed by atoms with Gasteiger partial charge in [-0.25, -0.2) is 0 Å². The van der Waals surface area contributed by atoms with E-state index in [4.69, 9.17) is 9.97 Å². The first-order valence-corrected chi connectivity index (χ1v) is 22.2. The highest BCUT2D eigenvalue weighted by Crippen LogP contribution is 2.42. The molecule has 0 unspecified atom stereocenters. The van der Waals surface area contributed by atoms with Crippen molar-refractivity contribution in [1.29, 1.82) is 0 Å². The Morgan fingerprint density at radius 1 is 0.246 bits per heavy atom. The lowest BCUT2D eigenvalue weighted by Gasteiger charge is -2.26. The molecule has 2 aromatic heterocycles. The SMILES string of the molecule is c1ccc2cc(-c3ccc4c(ccc5cc(N(c6ccc(-c7cc8ccccc8c8ncccc78)cc6)c6ccc(-c7cc8ccccc8c8ncccc78)cc6)ccc54)c3)ccc2c1. The number of anilines is 3. The number of rotatable bonds is 6. The van der Waals surface area contributed by atoms with Gasteiger partial charge in [-0.15, -0.1) is 0 Å². The average molecular weight is 826 g/mol. The zero-order valence-corrected chi connectivity index (χ0v) is 35.4. The van der Waals surface area contributed by atoms with Gasteiger partial charge in [0.15, 0.2) is 0 Å². The van der Waals surface area contributed by atoms with Crippen LogP contribution in [0.25, 0.3) is 109 Å². The topological polar surface area (TPSA) is 29.0 Å². The lowest BCUT2D eigenvalue weighted by atomic mass is 9.95. The molecule has 0 aliphatic rings. The predicted octanol–water partition coefficient (Wildman–Crippen LogP) is 17.0. The van der Waals surface area contributed by atoms with E-state index in [9.17, 15) is 0 Å². The van der Waals surface area contributed by atoms with Crippen molar-refractivity contribution in [1.82, 2.24) is 9.97 Å². The van der Waals surface area contributed by atoms with E-state index >= 15 is 0 Å². The number of pyridine rings is 2. The van der Waals surface area contributed by atoms with Gasteiger partial charge >= 0.3 is 0 Å². The molecule has 0 saturated heterocycles. The predicted molar refractivity (Wildman–Crippen MR) is 276 cm³/mol. The third-order valence-electron chi connectivity index (χ3n) is 13.3. The molecule has 0 saturated carbocycles. The highest BCUT2D eigenvalue weighted by atomic mass is 15.1. The second kappa shape index (κ2) is 15.0. The second-order valence-electron chi connectivity index (χ2n) is 17.0. The number of fused-ring (bicyclic) bond motifs is 10. The van der Waals surface area contributed by atoms with Crippen LogP contribution in [0.15, 0.2) is 237 Å². The van der Waals surface area contributed by atoms with E-state index in [-0.39, 0.29) is 0 Å². The van der Waals surface area contributed by atoms with Crippen molar-refractivity contribution in [2.75, 3.05) is 4.90 Å². The molecule has 0 spiro atoms. The smallest absolute Gasteiger partial charge is 0.0786 e. The molecule has 11 aromatic carbocycles. The van der Waals surface area contributed by atoms with Gasteiger partial charge in [0.25, 0.3) is 0 Å². The zero-order valence-electron chi connectivity index (χ0n) is 35.4. The summed E-state index contributed by atoms with van der Waals surface area (Å²) in [6.07, 6.45) is 3.78. The van der Waals surface area contributed by atoms with Gasteiger partial charge in [-0.2, -0.15) is 0 Å². The average Bonchev–Trinajstić information content (AvgIpc) is 3.38. The van der Waals surface area contributed by atoms with E-state index in [1.807, 2.05) is 24.5 Å². The van der Waals surface area contributed by atoms with Crippen LogP contribution in [0.2, 0.25) is 0 Å². The standard InChI is InChI=1S/C62H39N3/c1-2-10-43-35-44(18-17-40(43)9-1)45-25-31-53-48(36-45)19-20-49-37-52(30-32-54(49)53)65(50-26-21-41(22-27-50)59-38-46-11-3-5-13-55(46)61-57(59)15-7-33-63-61)51-28-23-42(24-29-51)60-39-47-12-4-6-14-56(47)62-58(60)16-8-34-64-62/h1-39H. The van der Waals surface area contributed by atoms with E-state index in [2.05, 4.69) is 217 Å². The summed E-state index contributed by atoms with van der Waals surface area (Å²) in [6.45, 7) is 0. The molecule has 0 aliphatic heterocycles. The van der Waals surface area contributed by atoms with Crippen LogP contribution in [0.1, 0.15) is 0 Å². The molecule has 0 atom stereocenters. The van der Waals surface area contributed by atoms with Gasteiger partial charge in [0, 0.05) is 51.0 Å². The first kappa shape index (κ1) is 36.9. The maximum atomic E-state index is 4.84. The largest absolute Gasteiger partial charge is 0.310 e. The van der Waals surface area contributed by atoms with Gasteiger partial charge in [-0.3, -0.25) is 9.97 Å². The van der Waals surface area contributed by atoms with E-state index in [1.54, 1.807) is 0 Å². The molecule has 302 valence electrons. The fourth-order valence-electron chi connectivity index (χ4n) is 10.1. The van der Waals surface area contributed by atoms with Crippen LogP contribution in [-0.2, 0) is 0 Å². The molecule has 0 fully saturated rings.